The fourth-order valence-electron chi connectivity index (χ4n) is 5.52. The molecule has 0 saturated carbocycles. The Hall–Kier alpha value is -0.720. The minimum atomic E-state index is -1.10. The minimum absolute atomic E-state index is 0.486. The number of unbranched alkanes of at least 4 members (excludes halogenated alkanes) is 24. The van der Waals surface area contributed by atoms with Gasteiger partial charge in [-0.05, 0) is 77.0 Å². The highest BCUT2D eigenvalue weighted by molar-refractivity contribution is 4.82. The SMILES string of the molecule is CCCC(O)O.CCCC(O)O.CCCCCCCC/C=C\CCCCCCCCOCCCCCCCC/C=C\CCCCCCCC. The standard InChI is InChI=1S/C36H70O.2C4H10O2/c1-3-5-7-9-11-13-15-17-19-21-23-25-27-29-31-33-35-37-36-34-32-30-28-26-24-22-20-18-16-14-12-10-8-6-4-2;2*1-2-3-4(5)6/h17-20H,3-16,21-36H2,1-2H3;2*4-6H,2-3H2,1H3/b19-17-,20-18-;;. The molecule has 0 aromatic heterocycles. The average Bonchev–Trinajstić information content (AvgIpc) is 3.07. The molecule has 0 aliphatic heterocycles. The first-order valence-corrected chi connectivity index (χ1v) is 21.6. The first-order valence-electron chi connectivity index (χ1n) is 21.6. The summed E-state index contributed by atoms with van der Waals surface area (Å²) in [6, 6.07) is 0. The van der Waals surface area contributed by atoms with Gasteiger partial charge < -0.3 is 25.2 Å². The summed E-state index contributed by atoms with van der Waals surface area (Å²) >= 11 is 0. The highest BCUT2D eigenvalue weighted by Gasteiger charge is 1.95. The van der Waals surface area contributed by atoms with Gasteiger partial charge in [-0.25, -0.2) is 0 Å². The molecule has 0 aromatic rings. The van der Waals surface area contributed by atoms with E-state index in [4.69, 9.17) is 25.2 Å². The van der Waals surface area contributed by atoms with Gasteiger partial charge >= 0.3 is 0 Å². The van der Waals surface area contributed by atoms with Crippen LogP contribution in [0, 0.1) is 0 Å². The molecule has 5 nitrogen and oxygen atoms in total. The summed E-state index contributed by atoms with van der Waals surface area (Å²) in [7, 11) is 0. The predicted molar refractivity (Wildman–Crippen MR) is 216 cm³/mol. The number of hydrogen-bond donors (Lipinski definition) is 4. The van der Waals surface area contributed by atoms with E-state index in [1.54, 1.807) is 0 Å². The van der Waals surface area contributed by atoms with Gasteiger partial charge in [-0.2, -0.15) is 0 Å². The van der Waals surface area contributed by atoms with Gasteiger partial charge in [-0.15, -0.1) is 0 Å². The van der Waals surface area contributed by atoms with Crippen molar-refractivity contribution in [3.05, 3.63) is 24.3 Å². The smallest absolute Gasteiger partial charge is 0.151 e. The number of hydrogen-bond acceptors (Lipinski definition) is 5. The number of allylic oxidation sites excluding steroid dienone is 4. The molecule has 0 atom stereocenters. The van der Waals surface area contributed by atoms with Crippen LogP contribution in [0.1, 0.15) is 233 Å². The quantitative estimate of drug-likeness (QED) is 0.0297. The van der Waals surface area contributed by atoms with Gasteiger partial charge in [0.25, 0.3) is 0 Å². The Balaban J connectivity index is -0.00000149. The molecule has 0 aromatic carbocycles. The Morgan fingerprint density at radius 1 is 0.327 bits per heavy atom. The van der Waals surface area contributed by atoms with Crippen molar-refractivity contribution in [1.29, 1.82) is 0 Å². The van der Waals surface area contributed by atoms with Crippen molar-refractivity contribution in [2.45, 2.75) is 246 Å². The lowest BCUT2D eigenvalue weighted by atomic mass is 10.1. The maximum atomic E-state index is 8.11. The number of aliphatic hydroxyl groups is 4. The van der Waals surface area contributed by atoms with Gasteiger partial charge in [-0.3, -0.25) is 0 Å². The molecular weight excluding hydrogens is 608 g/mol. The fraction of sp³-hybridized carbons (Fsp3) is 0.909. The highest BCUT2D eigenvalue weighted by Crippen LogP contribution is 2.12. The Bertz CT molecular complexity index is 540. The van der Waals surface area contributed by atoms with Crippen LogP contribution in [0.25, 0.3) is 0 Å². The molecule has 0 spiro atoms. The van der Waals surface area contributed by atoms with E-state index in [1.165, 1.54) is 180 Å². The average molecular weight is 699 g/mol. The number of ether oxygens (including phenoxy) is 1. The Morgan fingerprint density at radius 2 is 0.571 bits per heavy atom. The van der Waals surface area contributed by atoms with Gasteiger partial charge in [0.05, 0.1) is 0 Å². The van der Waals surface area contributed by atoms with Crippen molar-refractivity contribution in [3.63, 3.8) is 0 Å². The zero-order chi connectivity index (χ0) is 36.7. The molecule has 0 bridgehead atoms. The van der Waals surface area contributed by atoms with Gasteiger partial charge in [0.2, 0.25) is 0 Å². The molecule has 0 radical (unpaired) electrons. The molecule has 0 heterocycles. The van der Waals surface area contributed by atoms with Crippen molar-refractivity contribution < 1.29 is 25.2 Å². The number of rotatable bonds is 36. The van der Waals surface area contributed by atoms with E-state index in [0.29, 0.717) is 12.8 Å². The van der Waals surface area contributed by atoms with Crippen LogP contribution < -0.4 is 0 Å². The molecular formula is C44H90O5. The normalized spacial score (nSPS) is 11.5. The van der Waals surface area contributed by atoms with E-state index >= 15 is 0 Å². The van der Waals surface area contributed by atoms with Gasteiger partial charge in [0.15, 0.2) is 12.6 Å². The van der Waals surface area contributed by atoms with Crippen molar-refractivity contribution in [2.24, 2.45) is 0 Å². The molecule has 0 saturated heterocycles. The largest absolute Gasteiger partial charge is 0.381 e. The van der Waals surface area contributed by atoms with Crippen molar-refractivity contribution in [1.82, 2.24) is 0 Å². The van der Waals surface area contributed by atoms with E-state index in [2.05, 4.69) is 38.2 Å². The third kappa shape index (κ3) is 62.8. The molecule has 0 amide bonds. The Kier molecular flexibility index (Phi) is 55.5. The van der Waals surface area contributed by atoms with Gasteiger partial charge in [0, 0.05) is 13.2 Å². The fourth-order valence-corrected chi connectivity index (χ4v) is 5.52. The molecule has 5 heteroatoms. The van der Waals surface area contributed by atoms with Crippen LogP contribution >= 0.6 is 0 Å². The predicted octanol–water partition coefficient (Wildman–Crippen LogP) is 13.3. The van der Waals surface area contributed by atoms with Crippen LogP contribution in [0.3, 0.4) is 0 Å². The van der Waals surface area contributed by atoms with Crippen LogP contribution in [0.5, 0.6) is 0 Å². The second kappa shape index (κ2) is 51.6. The lowest BCUT2D eigenvalue weighted by Crippen LogP contribution is -2.01. The van der Waals surface area contributed by atoms with Crippen molar-refractivity contribution in [3.8, 4) is 0 Å². The van der Waals surface area contributed by atoms with Crippen molar-refractivity contribution >= 4 is 0 Å². The van der Waals surface area contributed by atoms with Crippen LogP contribution in [-0.4, -0.2) is 46.2 Å². The van der Waals surface area contributed by atoms with Crippen LogP contribution in [0.15, 0.2) is 24.3 Å². The topological polar surface area (TPSA) is 90.2 Å². The Morgan fingerprint density at radius 3 is 0.796 bits per heavy atom. The van der Waals surface area contributed by atoms with E-state index in [1.807, 2.05) is 13.8 Å². The van der Waals surface area contributed by atoms with Gasteiger partial charge in [0.1, 0.15) is 0 Å². The van der Waals surface area contributed by atoms with E-state index in [0.717, 1.165) is 26.1 Å². The molecule has 0 unspecified atom stereocenters. The van der Waals surface area contributed by atoms with Gasteiger partial charge in [-0.1, -0.05) is 180 Å². The monoisotopic (exact) mass is 699 g/mol. The zero-order valence-electron chi connectivity index (χ0n) is 33.7. The summed E-state index contributed by atoms with van der Waals surface area (Å²) in [6.45, 7) is 10.3. The summed E-state index contributed by atoms with van der Waals surface area (Å²) in [5.74, 6) is 0. The van der Waals surface area contributed by atoms with Crippen LogP contribution in [-0.2, 0) is 4.74 Å². The molecule has 296 valence electrons. The summed E-state index contributed by atoms with van der Waals surface area (Å²) in [6.07, 6.45) is 48.5. The van der Waals surface area contributed by atoms with Crippen molar-refractivity contribution in [2.75, 3.05) is 13.2 Å². The first kappa shape index (κ1) is 52.6. The summed E-state index contributed by atoms with van der Waals surface area (Å²) < 4.78 is 5.85. The highest BCUT2D eigenvalue weighted by atomic mass is 16.5. The van der Waals surface area contributed by atoms with Crippen LogP contribution in [0.2, 0.25) is 0 Å². The Labute approximate surface area is 307 Å². The lowest BCUT2D eigenvalue weighted by Gasteiger charge is -2.05. The van der Waals surface area contributed by atoms with E-state index in [9.17, 15) is 0 Å². The third-order valence-corrected chi connectivity index (χ3v) is 8.69. The van der Waals surface area contributed by atoms with Crippen LogP contribution in [0.4, 0.5) is 0 Å². The van der Waals surface area contributed by atoms with E-state index < -0.39 is 12.6 Å². The minimum Gasteiger partial charge on any atom is -0.381 e. The molecule has 49 heavy (non-hydrogen) atoms. The van der Waals surface area contributed by atoms with E-state index in [-0.39, 0.29) is 0 Å². The maximum Gasteiger partial charge on any atom is 0.151 e. The summed E-state index contributed by atoms with van der Waals surface area (Å²) in [5.41, 5.74) is 0. The molecule has 4 N–H and O–H groups in total. The molecule has 0 rings (SSSR count). The number of aliphatic hydroxyl groups excluding tert-OH is 2. The maximum absolute atomic E-state index is 8.11. The second-order valence-electron chi connectivity index (χ2n) is 14.0. The molecule has 0 aliphatic carbocycles. The first-order chi connectivity index (χ1) is 24.0. The summed E-state index contributed by atoms with van der Waals surface area (Å²) in [4.78, 5) is 0. The third-order valence-electron chi connectivity index (χ3n) is 8.69. The lowest BCUT2D eigenvalue weighted by molar-refractivity contribution is -0.0460. The molecule has 0 aliphatic rings. The molecule has 0 fully saturated rings. The zero-order valence-corrected chi connectivity index (χ0v) is 33.7. The second-order valence-corrected chi connectivity index (χ2v) is 14.0. The summed E-state index contributed by atoms with van der Waals surface area (Å²) in [5, 5.41) is 32.4.